The van der Waals surface area contributed by atoms with E-state index in [9.17, 15) is 5.11 Å². The first-order valence-corrected chi connectivity index (χ1v) is 17.3. The molecule has 0 bridgehead atoms. The number of aliphatic hydroxyl groups excluding tert-OH is 1. The van der Waals surface area contributed by atoms with Gasteiger partial charge in [-0.3, -0.25) is 0 Å². The summed E-state index contributed by atoms with van der Waals surface area (Å²) in [5.41, 5.74) is 0. The minimum absolute atomic E-state index is 0.0156. The molecule has 1 aliphatic rings. The summed E-state index contributed by atoms with van der Waals surface area (Å²) in [5.74, 6) is 0.300. The van der Waals surface area contributed by atoms with E-state index in [1.54, 1.807) is 0 Å². The second-order valence-electron chi connectivity index (χ2n) is 11.7. The lowest BCUT2D eigenvalue weighted by Crippen LogP contribution is -2.45. The Balaban J connectivity index is 3.21. The fraction of sp³-hybridized carbons (Fsp3) is 0.931. The van der Waals surface area contributed by atoms with Crippen LogP contribution >= 0.6 is 0 Å². The highest BCUT2D eigenvalue weighted by Gasteiger charge is 2.48. The highest BCUT2D eigenvalue weighted by molar-refractivity contribution is 6.74. The van der Waals surface area contributed by atoms with Crippen molar-refractivity contribution in [3.63, 3.8) is 0 Å². The Kier molecular flexibility index (Phi) is 15.6. The molecule has 0 aliphatic heterocycles. The first-order valence-electron chi connectivity index (χ1n) is 14.4. The first kappa shape index (κ1) is 33.7. The fourth-order valence-electron chi connectivity index (χ4n) is 4.81. The molecule has 0 heterocycles. The molecule has 0 saturated heterocycles. The first-order chi connectivity index (χ1) is 16.9. The van der Waals surface area contributed by atoms with Crippen LogP contribution in [0.25, 0.3) is 0 Å². The van der Waals surface area contributed by atoms with Crippen molar-refractivity contribution in [2.24, 2.45) is 11.8 Å². The van der Waals surface area contributed by atoms with Gasteiger partial charge in [0, 0.05) is 25.7 Å². The zero-order valence-electron chi connectivity index (χ0n) is 25.0. The molecule has 1 saturated carbocycles. The van der Waals surface area contributed by atoms with Crippen molar-refractivity contribution in [3.8, 4) is 0 Å². The van der Waals surface area contributed by atoms with Gasteiger partial charge in [-0.1, -0.05) is 59.1 Å². The Morgan fingerprint density at radius 3 is 2.17 bits per heavy atom. The second kappa shape index (κ2) is 16.6. The van der Waals surface area contributed by atoms with Gasteiger partial charge < -0.3 is 28.5 Å². The molecule has 6 nitrogen and oxygen atoms in total. The molecule has 0 radical (unpaired) electrons. The maximum absolute atomic E-state index is 10.00. The van der Waals surface area contributed by atoms with Crippen LogP contribution in [0.1, 0.15) is 93.9 Å². The molecular formula is C29H58O6Si. The van der Waals surface area contributed by atoms with Crippen LogP contribution in [-0.2, 0) is 23.4 Å². The monoisotopic (exact) mass is 530 g/mol. The maximum atomic E-state index is 10.00. The number of hydrogen-bond acceptors (Lipinski definition) is 6. The molecule has 0 aromatic rings. The smallest absolute Gasteiger partial charge is 0.192 e. The largest absolute Gasteiger partial charge is 0.414 e. The Morgan fingerprint density at radius 1 is 0.972 bits per heavy atom. The Labute approximate surface area is 223 Å². The standard InChI is InChI=1S/C29H58O6Si/c1-11-14-15-16-24(33-22(4)31-12-2)17-18-25-26(19-20-30)28(35-36(9,10)29(6,7)8)21-27(25)34-23(5)32-13-3/h17-18,22-28,30H,11-16,19-21H2,1-10H3/b18-17+/t22?,23?,24-,25-,26+,27-,28+/m1/s1. The van der Waals surface area contributed by atoms with Gasteiger partial charge in [0.05, 0.1) is 18.3 Å². The Hall–Kier alpha value is -0.283. The Morgan fingerprint density at radius 2 is 1.61 bits per heavy atom. The van der Waals surface area contributed by atoms with Crippen LogP contribution in [0.5, 0.6) is 0 Å². The van der Waals surface area contributed by atoms with Crippen LogP contribution in [0.15, 0.2) is 12.2 Å². The number of rotatable bonds is 18. The minimum atomic E-state index is -1.99. The van der Waals surface area contributed by atoms with E-state index in [4.69, 9.17) is 23.4 Å². The van der Waals surface area contributed by atoms with Gasteiger partial charge >= 0.3 is 0 Å². The summed E-state index contributed by atoms with van der Waals surface area (Å²) in [6.45, 7) is 22.9. The molecule has 0 aromatic carbocycles. The van der Waals surface area contributed by atoms with Crippen molar-refractivity contribution < 1.29 is 28.5 Å². The molecule has 0 aromatic heterocycles. The van der Waals surface area contributed by atoms with E-state index in [1.807, 2.05) is 27.7 Å². The maximum Gasteiger partial charge on any atom is 0.192 e. The van der Waals surface area contributed by atoms with E-state index < -0.39 is 8.32 Å². The Bertz CT molecular complexity index is 605. The number of aliphatic hydroxyl groups is 1. The SMILES string of the molecule is CCCCC[C@H](/C=C/[C@@H]1[C@H](CCO)[C@@H](O[Si](C)(C)C(C)(C)C)C[C@H]1OC(C)OCC)OC(C)OCC. The molecule has 1 rings (SSSR count). The van der Waals surface area contributed by atoms with Crippen LogP contribution in [0.2, 0.25) is 18.1 Å². The highest BCUT2D eigenvalue weighted by Crippen LogP contribution is 2.45. The van der Waals surface area contributed by atoms with Gasteiger partial charge in [-0.2, -0.15) is 0 Å². The van der Waals surface area contributed by atoms with E-state index in [-0.39, 0.29) is 54.4 Å². The van der Waals surface area contributed by atoms with Crippen LogP contribution in [-0.4, -0.2) is 64.1 Å². The van der Waals surface area contributed by atoms with Crippen molar-refractivity contribution >= 4 is 8.32 Å². The lowest BCUT2D eigenvalue weighted by molar-refractivity contribution is -0.163. The van der Waals surface area contributed by atoms with Gasteiger partial charge in [-0.15, -0.1) is 0 Å². The van der Waals surface area contributed by atoms with Crippen LogP contribution in [0.4, 0.5) is 0 Å². The topological polar surface area (TPSA) is 66.4 Å². The highest BCUT2D eigenvalue weighted by atomic mass is 28.4. The lowest BCUT2D eigenvalue weighted by atomic mass is 9.90. The summed E-state index contributed by atoms with van der Waals surface area (Å²) in [5, 5.41) is 10.1. The van der Waals surface area contributed by atoms with Crippen molar-refractivity contribution in [2.45, 2.75) is 143 Å². The zero-order valence-corrected chi connectivity index (χ0v) is 26.0. The van der Waals surface area contributed by atoms with E-state index >= 15 is 0 Å². The van der Waals surface area contributed by atoms with Crippen molar-refractivity contribution in [3.05, 3.63) is 12.2 Å². The fourth-order valence-corrected chi connectivity index (χ4v) is 6.19. The lowest BCUT2D eigenvalue weighted by Gasteiger charge is -2.40. The summed E-state index contributed by atoms with van der Waals surface area (Å²) < 4.78 is 31.0. The van der Waals surface area contributed by atoms with Gasteiger partial charge in [0.25, 0.3) is 0 Å². The van der Waals surface area contributed by atoms with Gasteiger partial charge in [0.15, 0.2) is 20.9 Å². The number of hydrogen-bond donors (Lipinski definition) is 1. The molecule has 214 valence electrons. The molecule has 2 unspecified atom stereocenters. The van der Waals surface area contributed by atoms with E-state index in [0.29, 0.717) is 19.6 Å². The summed E-state index contributed by atoms with van der Waals surface area (Å²) in [7, 11) is -1.99. The normalized spacial score (nSPS) is 26.0. The van der Waals surface area contributed by atoms with Crippen molar-refractivity contribution in [1.82, 2.24) is 0 Å². The molecule has 36 heavy (non-hydrogen) atoms. The third kappa shape index (κ3) is 11.2. The average molecular weight is 531 g/mol. The summed E-state index contributed by atoms with van der Waals surface area (Å²) in [4.78, 5) is 0. The third-order valence-corrected chi connectivity index (χ3v) is 12.3. The van der Waals surface area contributed by atoms with Crippen LogP contribution in [0, 0.1) is 11.8 Å². The summed E-state index contributed by atoms with van der Waals surface area (Å²) in [6.07, 6.45) is 9.88. The second-order valence-corrected chi connectivity index (χ2v) is 16.4. The molecule has 7 heteroatoms. The van der Waals surface area contributed by atoms with Gasteiger partial charge in [0.2, 0.25) is 0 Å². The summed E-state index contributed by atoms with van der Waals surface area (Å²) in [6, 6.07) is 0. The molecular weight excluding hydrogens is 472 g/mol. The summed E-state index contributed by atoms with van der Waals surface area (Å²) >= 11 is 0. The number of unbranched alkanes of at least 4 members (excludes halogenated alkanes) is 2. The molecule has 1 N–H and O–H groups in total. The van der Waals surface area contributed by atoms with Crippen LogP contribution < -0.4 is 0 Å². The predicted molar refractivity (Wildman–Crippen MR) is 151 cm³/mol. The number of ether oxygens (including phenoxy) is 4. The molecule has 1 fully saturated rings. The predicted octanol–water partition coefficient (Wildman–Crippen LogP) is 7.07. The van der Waals surface area contributed by atoms with Gasteiger partial charge in [0.1, 0.15) is 0 Å². The van der Waals surface area contributed by atoms with Gasteiger partial charge in [-0.25, -0.2) is 0 Å². The van der Waals surface area contributed by atoms with E-state index in [2.05, 4.69) is 52.9 Å². The van der Waals surface area contributed by atoms with Crippen molar-refractivity contribution in [2.75, 3.05) is 19.8 Å². The molecule has 0 amide bonds. The molecule has 1 aliphatic carbocycles. The molecule has 0 spiro atoms. The van der Waals surface area contributed by atoms with Gasteiger partial charge in [-0.05, 0) is 71.0 Å². The zero-order chi connectivity index (χ0) is 27.4. The molecule has 7 atom stereocenters. The van der Waals surface area contributed by atoms with E-state index in [1.165, 1.54) is 12.8 Å². The quantitative estimate of drug-likeness (QED) is 0.0885. The average Bonchev–Trinajstić information content (AvgIpc) is 3.06. The van der Waals surface area contributed by atoms with Crippen molar-refractivity contribution in [1.29, 1.82) is 0 Å². The van der Waals surface area contributed by atoms with Crippen LogP contribution in [0.3, 0.4) is 0 Å². The third-order valence-electron chi connectivity index (χ3n) is 7.76. The van der Waals surface area contributed by atoms with E-state index in [0.717, 1.165) is 19.3 Å². The minimum Gasteiger partial charge on any atom is -0.414 e.